The molecule has 0 bridgehead atoms. The van der Waals surface area contributed by atoms with E-state index in [-0.39, 0.29) is 4.90 Å². The Kier molecular flexibility index (Phi) is 3.96. The van der Waals surface area contributed by atoms with Crippen LogP contribution in [0.15, 0.2) is 29.2 Å². The van der Waals surface area contributed by atoms with E-state index < -0.39 is 10.0 Å². The lowest BCUT2D eigenvalue weighted by atomic mass is 10.2. The number of aromatic amines is 1. The zero-order valence-corrected chi connectivity index (χ0v) is 13.0. The Balaban J connectivity index is 2.32. The van der Waals surface area contributed by atoms with Crippen LogP contribution in [-0.2, 0) is 15.4 Å². The van der Waals surface area contributed by atoms with Gasteiger partial charge in [0, 0.05) is 5.33 Å². The first kappa shape index (κ1) is 14.1. The summed E-state index contributed by atoms with van der Waals surface area (Å²) in [6.07, 6.45) is 0. The lowest BCUT2D eigenvalue weighted by Gasteiger charge is -2.08. The number of H-pyrrole nitrogens is 1. The summed E-state index contributed by atoms with van der Waals surface area (Å²) in [4.78, 5) is 0.234. The summed E-state index contributed by atoms with van der Waals surface area (Å²) in [5, 5.41) is 7.40. The summed E-state index contributed by atoms with van der Waals surface area (Å²) >= 11 is 3.32. The van der Waals surface area contributed by atoms with E-state index in [1.807, 2.05) is 0 Å². The number of nitrogens with zero attached hydrogens (tertiary/aromatic N) is 1. The van der Waals surface area contributed by atoms with Crippen LogP contribution < -0.4 is 4.72 Å². The summed E-state index contributed by atoms with van der Waals surface area (Å²) in [7, 11) is -3.58. The Morgan fingerprint density at radius 1 is 1.26 bits per heavy atom. The van der Waals surface area contributed by atoms with E-state index >= 15 is 0 Å². The highest BCUT2D eigenvalue weighted by atomic mass is 79.9. The Morgan fingerprint density at radius 2 is 1.89 bits per heavy atom. The Labute approximate surface area is 120 Å². The maximum Gasteiger partial charge on any atom is 0.262 e. The molecule has 2 aromatic rings. The molecular formula is C12H14BrN3O2S. The van der Waals surface area contributed by atoms with Crippen molar-refractivity contribution in [3.8, 4) is 0 Å². The molecule has 1 aromatic carbocycles. The minimum Gasteiger partial charge on any atom is -0.280 e. The number of benzene rings is 1. The molecule has 5 nitrogen and oxygen atoms in total. The third-order valence-electron chi connectivity index (χ3n) is 2.75. The Bertz CT molecular complexity index is 658. The SMILES string of the molecule is Cc1n[nH]c(C)c1NS(=O)(=O)c1ccc(CBr)cc1. The van der Waals surface area contributed by atoms with Gasteiger partial charge in [-0.3, -0.25) is 9.82 Å². The van der Waals surface area contributed by atoms with Crippen LogP contribution in [0.3, 0.4) is 0 Å². The number of nitrogens with one attached hydrogen (secondary N) is 2. The van der Waals surface area contributed by atoms with Crippen molar-refractivity contribution in [1.82, 2.24) is 10.2 Å². The third-order valence-corrected chi connectivity index (χ3v) is 4.77. The zero-order chi connectivity index (χ0) is 14.0. The molecule has 1 heterocycles. The second-order valence-electron chi connectivity index (χ2n) is 4.19. The predicted octanol–water partition coefficient (Wildman–Crippen LogP) is 2.72. The minimum absolute atomic E-state index is 0.234. The molecule has 0 amide bonds. The van der Waals surface area contributed by atoms with Gasteiger partial charge in [0.15, 0.2) is 0 Å². The first-order valence-electron chi connectivity index (χ1n) is 5.63. The first-order chi connectivity index (χ1) is 8.94. The monoisotopic (exact) mass is 343 g/mol. The molecule has 0 atom stereocenters. The standard InChI is InChI=1S/C12H14BrN3O2S/c1-8-12(9(2)15-14-8)16-19(17,18)11-5-3-10(7-13)4-6-11/h3-6,16H,7H2,1-2H3,(H,14,15). The second kappa shape index (κ2) is 5.34. The fourth-order valence-electron chi connectivity index (χ4n) is 1.65. The predicted molar refractivity (Wildman–Crippen MR) is 77.9 cm³/mol. The van der Waals surface area contributed by atoms with Crippen LogP contribution in [0.5, 0.6) is 0 Å². The van der Waals surface area contributed by atoms with E-state index in [4.69, 9.17) is 0 Å². The average Bonchev–Trinajstić information content (AvgIpc) is 2.70. The number of hydrogen-bond donors (Lipinski definition) is 2. The van der Waals surface area contributed by atoms with Gasteiger partial charge >= 0.3 is 0 Å². The quantitative estimate of drug-likeness (QED) is 0.838. The van der Waals surface area contributed by atoms with E-state index in [0.29, 0.717) is 22.4 Å². The molecule has 7 heteroatoms. The van der Waals surface area contributed by atoms with Gasteiger partial charge in [0.05, 0.1) is 22.0 Å². The van der Waals surface area contributed by atoms with Crippen molar-refractivity contribution in [2.75, 3.05) is 4.72 Å². The summed E-state index contributed by atoms with van der Waals surface area (Å²) in [5.41, 5.74) is 2.84. The molecule has 0 saturated carbocycles. The van der Waals surface area contributed by atoms with Crippen molar-refractivity contribution in [1.29, 1.82) is 0 Å². The number of aryl methyl sites for hydroxylation is 2. The van der Waals surface area contributed by atoms with Crippen molar-refractivity contribution in [3.05, 3.63) is 41.2 Å². The summed E-state index contributed by atoms with van der Waals surface area (Å²) in [5.74, 6) is 0. The Morgan fingerprint density at radius 3 is 2.37 bits per heavy atom. The molecule has 0 aliphatic carbocycles. The van der Waals surface area contributed by atoms with Crippen molar-refractivity contribution in [3.63, 3.8) is 0 Å². The molecule has 0 aliphatic heterocycles. The molecule has 1 aromatic heterocycles. The van der Waals surface area contributed by atoms with Gasteiger partial charge in [-0.05, 0) is 31.5 Å². The third kappa shape index (κ3) is 2.98. The van der Waals surface area contributed by atoms with Gasteiger partial charge in [-0.1, -0.05) is 28.1 Å². The molecule has 0 aliphatic rings. The van der Waals surface area contributed by atoms with E-state index in [9.17, 15) is 8.42 Å². The smallest absolute Gasteiger partial charge is 0.262 e. The van der Waals surface area contributed by atoms with Crippen LogP contribution in [0.2, 0.25) is 0 Å². The number of hydrogen-bond acceptors (Lipinski definition) is 3. The lowest BCUT2D eigenvalue weighted by molar-refractivity contribution is 0.601. The number of aromatic nitrogens is 2. The van der Waals surface area contributed by atoms with Crippen LogP contribution in [0.25, 0.3) is 0 Å². The first-order valence-corrected chi connectivity index (χ1v) is 8.24. The molecule has 0 radical (unpaired) electrons. The van der Waals surface area contributed by atoms with Gasteiger partial charge in [0.2, 0.25) is 0 Å². The topological polar surface area (TPSA) is 74.8 Å². The van der Waals surface area contributed by atoms with Gasteiger partial charge in [-0.2, -0.15) is 5.10 Å². The molecule has 0 spiro atoms. The molecular weight excluding hydrogens is 330 g/mol. The molecule has 0 saturated heterocycles. The van der Waals surface area contributed by atoms with E-state index in [1.54, 1.807) is 38.1 Å². The fraction of sp³-hybridized carbons (Fsp3) is 0.250. The molecule has 0 unspecified atom stereocenters. The van der Waals surface area contributed by atoms with Gasteiger partial charge in [-0.25, -0.2) is 8.42 Å². The highest BCUT2D eigenvalue weighted by Gasteiger charge is 2.17. The fourth-order valence-corrected chi connectivity index (χ4v) is 3.21. The van der Waals surface area contributed by atoms with Crippen molar-refractivity contribution < 1.29 is 8.42 Å². The van der Waals surface area contributed by atoms with E-state index in [2.05, 4.69) is 30.8 Å². The van der Waals surface area contributed by atoms with Gasteiger partial charge in [0.25, 0.3) is 10.0 Å². The van der Waals surface area contributed by atoms with Crippen molar-refractivity contribution >= 4 is 31.6 Å². The summed E-state index contributed by atoms with van der Waals surface area (Å²) in [6.45, 7) is 3.51. The van der Waals surface area contributed by atoms with Crippen LogP contribution in [0, 0.1) is 13.8 Å². The molecule has 0 fully saturated rings. The number of anilines is 1. The normalized spacial score (nSPS) is 11.5. The summed E-state index contributed by atoms with van der Waals surface area (Å²) < 4.78 is 27.0. The number of alkyl halides is 1. The summed E-state index contributed by atoms with van der Waals surface area (Å²) in [6, 6.07) is 6.73. The molecule has 2 rings (SSSR count). The highest BCUT2D eigenvalue weighted by Crippen LogP contribution is 2.21. The molecule has 102 valence electrons. The van der Waals surface area contributed by atoms with Gasteiger partial charge in [-0.15, -0.1) is 0 Å². The second-order valence-corrected chi connectivity index (χ2v) is 6.44. The number of sulfonamides is 1. The maximum absolute atomic E-state index is 12.2. The largest absolute Gasteiger partial charge is 0.280 e. The number of rotatable bonds is 4. The van der Waals surface area contributed by atoms with Crippen LogP contribution >= 0.6 is 15.9 Å². The van der Waals surface area contributed by atoms with Crippen molar-refractivity contribution in [2.45, 2.75) is 24.1 Å². The highest BCUT2D eigenvalue weighted by molar-refractivity contribution is 9.08. The lowest BCUT2D eigenvalue weighted by Crippen LogP contribution is -2.13. The number of halogens is 1. The Hall–Kier alpha value is -1.34. The van der Waals surface area contributed by atoms with E-state index in [1.165, 1.54) is 0 Å². The van der Waals surface area contributed by atoms with E-state index in [0.717, 1.165) is 5.56 Å². The van der Waals surface area contributed by atoms with Gasteiger partial charge < -0.3 is 0 Å². The van der Waals surface area contributed by atoms with Gasteiger partial charge in [0.1, 0.15) is 0 Å². The molecule has 2 N–H and O–H groups in total. The van der Waals surface area contributed by atoms with Crippen LogP contribution in [0.1, 0.15) is 17.0 Å². The average molecular weight is 344 g/mol. The minimum atomic E-state index is -3.58. The van der Waals surface area contributed by atoms with Crippen LogP contribution in [0.4, 0.5) is 5.69 Å². The maximum atomic E-state index is 12.2. The van der Waals surface area contributed by atoms with Crippen molar-refractivity contribution in [2.24, 2.45) is 0 Å². The molecule has 19 heavy (non-hydrogen) atoms. The zero-order valence-electron chi connectivity index (χ0n) is 10.6. The van der Waals surface area contributed by atoms with Crippen LogP contribution in [-0.4, -0.2) is 18.6 Å².